The zero-order valence-corrected chi connectivity index (χ0v) is 19.7. The normalized spacial score (nSPS) is 12.3. The van der Waals surface area contributed by atoms with E-state index in [0.717, 1.165) is 18.5 Å². The van der Waals surface area contributed by atoms with E-state index in [2.05, 4.69) is 21.8 Å². The lowest BCUT2D eigenvalue weighted by molar-refractivity contribution is 0.410. The van der Waals surface area contributed by atoms with Crippen molar-refractivity contribution >= 4 is 51.3 Å². The fourth-order valence-corrected chi connectivity index (χ4v) is 4.29. The lowest BCUT2D eigenvalue weighted by Gasteiger charge is -2.21. The van der Waals surface area contributed by atoms with Crippen LogP contribution in [0.25, 0.3) is 0 Å². The smallest absolute Gasteiger partial charge is 0.243 e. The fourth-order valence-electron chi connectivity index (χ4n) is 2.21. The van der Waals surface area contributed by atoms with Crippen molar-refractivity contribution in [2.75, 3.05) is 13.6 Å². The fraction of sp³-hybridized carbons (Fsp3) is 0.389. The lowest BCUT2D eigenvalue weighted by atomic mass is 10.2. The van der Waals surface area contributed by atoms with Crippen molar-refractivity contribution in [2.24, 2.45) is 10.7 Å². The van der Waals surface area contributed by atoms with Crippen molar-refractivity contribution < 1.29 is 8.42 Å². The van der Waals surface area contributed by atoms with Crippen LogP contribution in [0.2, 0.25) is 0 Å². The quantitative estimate of drug-likeness (QED) is 0.317. The largest absolute Gasteiger partial charge is 0.370 e. The standard InChI is InChI=1S/C18H26N4O2S2.HI/c1-14(2)22(3)26(23,24)17-8-6-15(7-9-17)13-21-18(19)20-11-10-16-5-4-12-25-16;/h4-9,12,14H,10-11,13H2,1-3H3,(H3,19,20,21);1H. The third-order valence-electron chi connectivity index (χ3n) is 4.02. The molecule has 0 atom stereocenters. The van der Waals surface area contributed by atoms with Crippen LogP contribution < -0.4 is 11.1 Å². The average molecular weight is 522 g/mol. The first-order chi connectivity index (χ1) is 12.3. The highest BCUT2D eigenvalue weighted by molar-refractivity contribution is 14.0. The molecular formula is C18H27IN4O2S2. The highest BCUT2D eigenvalue weighted by Gasteiger charge is 2.22. The van der Waals surface area contributed by atoms with E-state index in [-0.39, 0.29) is 34.9 Å². The summed E-state index contributed by atoms with van der Waals surface area (Å²) >= 11 is 1.72. The molecule has 0 unspecified atom stereocenters. The minimum Gasteiger partial charge on any atom is -0.370 e. The molecular weight excluding hydrogens is 495 g/mol. The SMILES string of the molecule is CC(C)N(C)S(=O)(=O)c1ccc(CN=C(N)NCCc2cccs2)cc1.I. The van der Waals surface area contributed by atoms with Crippen molar-refractivity contribution in [3.63, 3.8) is 0 Å². The molecule has 1 aromatic heterocycles. The number of guanidine groups is 1. The van der Waals surface area contributed by atoms with Gasteiger partial charge in [-0.05, 0) is 49.4 Å². The van der Waals surface area contributed by atoms with Crippen molar-refractivity contribution in [1.82, 2.24) is 9.62 Å². The van der Waals surface area contributed by atoms with E-state index in [1.807, 2.05) is 19.9 Å². The van der Waals surface area contributed by atoms with Gasteiger partial charge in [0.1, 0.15) is 0 Å². The number of halogens is 1. The van der Waals surface area contributed by atoms with E-state index in [4.69, 9.17) is 5.73 Å². The third kappa shape index (κ3) is 7.05. The number of rotatable bonds is 8. The number of benzene rings is 1. The van der Waals surface area contributed by atoms with Crippen molar-refractivity contribution in [1.29, 1.82) is 0 Å². The molecule has 3 N–H and O–H groups in total. The summed E-state index contributed by atoms with van der Waals surface area (Å²) in [5, 5.41) is 5.14. The Kier molecular flexibility index (Phi) is 9.71. The molecule has 0 fully saturated rings. The maximum atomic E-state index is 12.4. The number of nitrogens with zero attached hydrogens (tertiary/aromatic N) is 2. The van der Waals surface area contributed by atoms with E-state index in [0.29, 0.717) is 12.5 Å². The van der Waals surface area contributed by atoms with Gasteiger partial charge in [0.15, 0.2) is 5.96 Å². The molecule has 1 heterocycles. The Bertz CT molecular complexity index is 820. The van der Waals surface area contributed by atoms with Gasteiger partial charge in [0.05, 0.1) is 11.4 Å². The molecule has 6 nitrogen and oxygen atoms in total. The van der Waals surface area contributed by atoms with E-state index >= 15 is 0 Å². The summed E-state index contributed by atoms with van der Waals surface area (Å²) in [6.45, 7) is 4.82. The van der Waals surface area contributed by atoms with Gasteiger partial charge in [-0.1, -0.05) is 18.2 Å². The molecule has 2 aromatic rings. The summed E-state index contributed by atoms with van der Waals surface area (Å²) in [5.74, 6) is 0.387. The van der Waals surface area contributed by atoms with Crippen LogP contribution in [0.5, 0.6) is 0 Å². The maximum absolute atomic E-state index is 12.4. The van der Waals surface area contributed by atoms with Gasteiger partial charge in [-0.2, -0.15) is 4.31 Å². The van der Waals surface area contributed by atoms with Gasteiger partial charge in [0.25, 0.3) is 0 Å². The van der Waals surface area contributed by atoms with Gasteiger partial charge in [0.2, 0.25) is 10.0 Å². The topological polar surface area (TPSA) is 87.8 Å². The highest BCUT2D eigenvalue weighted by atomic mass is 127. The Morgan fingerprint density at radius 2 is 1.93 bits per heavy atom. The number of sulfonamides is 1. The number of aliphatic imine (C=N–C) groups is 1. The summed E-state index contributed by atoms with van der Waals surface area (Å²) in [5.41, 5.74) is 6.77. The second-order valence-electron chi connectivity index (χ2n) is 6.22. The van der Waals surface area contributed by atoms with Crippen LogP contribution in [0, 0.1) is 0 Å². The molecule has 0 spiro atoms. The van der Waals surface area contributed by atoms with Crippen LogP contribution in [0.1, 0.15) is 24.3 Å². The van der Waals surface area contributed by atoms with Gasteiger partial charge < -0.3 is 11.1 Å². The van der Waals surface area contributed by atoms with Crippen molar-refractivity contribution in [2.45, 2.75) is 37.8 Å². The third-order valence-corrected chi connectivity index (χ3v) is 7.00. The number of nitrogens with one attached hydrogen (secondary N) is 1. The second-order valence-corrected chi connectivity index (χ2v) is 9.25. The Balaban J connectivity index is 0.00000364. The molecule has 0 aliphatic rings. The molecule has 0 aliphatic heterocycles. The number of nitrogens with two attached hydrogens (primary N) is 1. The molecule has 0 amide bonds. The Hall–Kier alpha value is -1.17. The molecule has 0 saturated carbocycles. The maximum Gasteiger partial charge on any atom is 0.243 e. The number of hydrogen-bond donors (Lipinski definition) is 2. The average Bonchev–Trinajstić information content (AvgIpc) is 3.13. The number of thiophene rings is 1. The molecule has 0 saturated heterocycles. The van der Waals surface area contributed by atoms with Gasteiger partial charge in [-0.3, -0.25) is 0 Å². The summed E-state index contributed by atoms with van der Waals surface area (Å²) < 4.78 is 26.2. The van der Waals surface area contributed by atoms with Gasteiger partial charge in [-0.15, -0.1) is 35.3 Å². The summed E-state index contributed by atoms with van der Waals surface area (Å²) in [4.78, 5) is 5.88. The lowest BCUT2D eigenvalue weighted by Crippen LogP contribution is -2.33. The zero-order chi connectivity index (χ0) is 19.2. The molecule has 150 valence electrons. The Labute approximate surface area is 182 Å². The van der Waals surface area contributed by atoms with Gasteiger partial charge >= 0.3 is 0 Å². The van der Waals surface area contributed by atoms with E-state index in [1.54, 1.807) is 42.6 Å². The van der Waals surface area contributed by atoms with E-state index in [9.17, 15) is 8.42 Å². The van der Waals surface area contributed by atoms with Crippen molar-refractivity contribution in [3.05, 3.63) is 52.2 Å². The molecule has 1 aromatic carbocycles. The molecule has 9 heteroatoms. The van der Waals surface area contributed by atoms with E-state index in [1.165, 1.54) is 9.18 Å². The van der Waals surface area contributed by atoms with E-state index < -0.39 is 10.0 Å². The predicted octanol–water partition coefficient (Wildman–Crippen LogP) is 3.04. The predicted molar refractivity (Wildman–Crippen MR) is 123 cm³/mol. The van der Waals surface area contributed by atoms with Crippen LogP contribution in [0.3, 0.4) is 0 Å². The first-order valence-corrected chi connectivity index (χ1v) is 10.8. The first kappa shape index (κ1) is 23.9. The Morgan fingerprint density at radius 3 is 2.48 bits per heavy atom. The second kappa shape index (κ2) is 11.0. The van der Waals surface area contributed by atoms with Crippen molar-refractivity contribution in [3.8, 4) is 0 Å². The number of hydrogen-bond acceptors (Lipinski definition) is 4. The highest BCUT2D eigenvalue weighted by Crippen LogP contribution is 2.17. The molecule has 2 rings (SSSR count). The van der Waals surface area contributed by atoms with Crippen LogP contribution in [-0.4, -0.2) is 38.3 Å². The van der Waals surface area contributed by atoms with Crippen LogP contribution in [0.4, 0.5) is 0 Å². The van der Waals surface area contributed by atoms with Gasteiger partial charge in [-0.25, -0.2) is 13.4 Å². The monoisotopic (exact) mass is 522 g/mol. The molecule has 27 heavy (non-hydrogen) atoms. The summed E-state index contributed by atoms with van der Waals surface area (Å²) in [7, 11) is -1.87. The summed E-state index contributed by atoms with van der Waals surface area (Å²) in [6, 6.07) is 10.8. The minimum atomic E-state index is -3.46. The molecule has 0 aliphatic carbocycles. The van der Waals surface area contributed by atoms with Crippen LogP contribution in [0.15, 0.2) is 51.7 Å². The minimum absolute atomic E-state index is 0. The first-order valence-electron chi connectivity index (χ1n) is 8.44. The summed E-state index contributed by atoms with van der Waals surface area (Å²) in [6.07, 6.45) is 0.907. The zero-order valence-electron chi connectivity index (χ0n) is 15.8. The molecule has 0 bridgehead atoms. The Morgan fingerprint density at radius 1 is 1.26 bits per heavy atom. The molecule has 0 radical (unpaired) electrons. The van der Waals surface area contributed by atoms with Crippen LogP contribution in [-0.2, 0) is 23.0 Å². The van der Waals surface area contributed by atoms with Gasteiger partial charge in [0, 0.05) is 24.5 Å². The van der Waals surface area contributed by atoms with Crippen LogP contribution >= 0.6 is 35.3 Å².